The molecule has 2 N–H and O–H groups in total. The zero-order valence-electron chi connectivity index (χ0n) is 12.4. The molecule has 1 unspecified atom stereocenters. The summed E-state index contributed by atoms with van der Waals surface area (Å²) in [4.78, 5) is 10.1. The normalized spacial score (nSPS) is 12.0. The molecule has 0 saturated heterocycles. The monoisotopic (exact) mass is 306 g/mol. The third kappa shape index (κ3) is 3.55. The smallest absolute Gasteiger partial charge is 0.224 e. The van der Waals surface area contributed by atoms with Crippen molar-refractivity contribution in [3.05, 3.63) is 41.3 Å². The first kappa shape index (κ1) is 15.4. The first-order valence-corrected chi connectivity index (χ1v) is 7.03. The minimum atomic E-state index is 0.176. The highest BCUT2D eigenvalue weighted by Crippen LogP contribution is 2.25. The van der Waals surface area contributed by atoms with E-state index in [9.17, 15) is 0 Å². The molecule has 2 rings (SSSR count). The molecule has 0 saturated carbocycles. The number of halogens is 1. The number of benzene rings is 1. The number of hydrogen-bond acceptors (Lipinski definition) is 5. The van der Waals surface area contributed by atoms with Crippen LogP contribution in [0.1, 0.15) is 12.5 Å². The van der Waals surface area contributed by atoms with E-state index in [0.29, 0.717) is 11.5 Å². The number of aromatic nitrogens is 2. The zero-order chi connectivity index (χ0) is 15.4. The predicted molar refractivity (Wildman–Crippen MR) is 86.0 cm³/mol. The van der Waals surface area contributed by atoms with Crippen molar-refractivity contribution < 1.29 is 4.74 Å². The van der Waals surface area contributed by atoms with E-state index in [-0.39, 0.29) is 11.3 Å². The molecule has 21 heavy (non-hydrogen) atoms. The van der Waals surface area contributed by atoms with Crippen molar-refractivity contribution in [1.29, 1.82) is 0 Å². The molecule has 0 amide bonds. The van der Waals surface area contributed by atoms with Gasteiger partial charge in [-0.3, -0.25) is 0 Å². The summed E-state index contributed by atoms with van der Waals surface area (Å²) in [6.45, 7) is 2.10. The summed E-state index contributed by atoms with van der Waals surface area (Å²) in [7, 11) is 3.62. The molecular formula is C15H19ClN4O. The van der Waals surface area contributed by atoms with Crippen LogP contribution in [0.25, 0.3) is 0 Å². The fourth-order valence-electron chi connectivity index (χ4n) is 2.18. The summed E-state index contributed by atoms with van der Waals surface area (Å²) in [6.07, 6.45) is 2.33. The number of nitrogen functional groups attached to an aromatic ring is 1. The summed E-state index contributed by atoms with van der Waals surface area (Å²) in [5.41, 5.74) is 7.57. The van der Waals surface area contributed by atoms with E-state index < -0.39 is 0 Å². The highest BCUT2D eigenvalue weighted by molar-refractivity contribution is 6.28. The highest BCUT2D eigenvalue weighted by atomic mass is 35.5. The summed E-state index contributed by atoms with van der Waals surface area (Å²) in [6, 6.07) is 8.14. The third-order valence-corrected chi connectivity index (χ3v) is 3.65. The van der Waals surface area contributed by atoms with Gasteiger partial charge in [-0.2, -0.15) is 4.98 Å². The van der Waals surface area contributed by atoms with Crippen LogP contribution in [0.15, 0.2) is 30.5 Å². The Balaban J connectivity index is 2.19. The Morgan fingerprint density at radius 1 is 1.38 bits per heavy atom. The number of ether oxygens (including phenoxy) is 1. The molecule has 6 heteroatoms. The van der Waals surface area contributed by atoms with Crippen LogP contribution in [0, 0.1) is 0 Å². The van der Waals surface area contributed by atoms with Crippen molar-refractivity contribution >= 4 is 23.1 Å². The van der Waals surface area contributed by atoms with Crippen molar-refractivity contribution in [2.75, 3.05) is 24.8 Å². The average Bonchev–Trinajstić information content (AvgIpc) is 2.49. The molecular weight excluding hydrogens is 288 g/mol. The van der Waals surface area contributed by atoms with Crippen LogP contribution >= 0.6 is 11.6 Å². The molecule has 5 nitrogen and oxygen atoms in total. The molecule has 1 heterocycles. The molecule has 0 aliphatic heterocycles. The Labute approximate surface area is 129 Å². The predicted octanol–water partition coefficient (Wildman–Crippen LogP) is 2.79. The molecule has 1 aromatic heterocycles. The van der Waals surface area contributed by atoms with Crippen LogP contribution in [0.5, 0.6) is 5.75 Å². The first-order valence-electron chi connectivity index (χ1n) is 6.65. The largest absolute Gasteiger partial charge is 0.496 e. The van der Waals surface area contributed by atoms with Gasteiger partial charge in [-0.15, -0.1) is 0 Å². The summed E-state index contributed by atoms with van der Waals surface area (Å²) >= 11 is 5.85. The summed E-state index contributed by atoms with van der Waals surface area (Å²) < 4.78 is 5.38. The summed E-state index contributed by atoms with van der Waals surface area (Å²) in [5, 5.41) is 0.190. The lowest BCUT2D eigenvalue weighted by atomic mass is 10.1. The van der Waals surface area contributed by atoms with Crippen molar-refractivity contribution in [2.24, 2.45) is 0 Å². The minimum absolute atomic E-state index is 0.176. The second-order valence-corrected chi connectivity index (χ2v) is 5.23. The zero-order valence-corrected chi connectivity index (χ0v) is 13.1. The molecule has 0 radical (unpaired) electrons. The van der Waals surface area contributed by atoms with Crippen LogP contribution < -0.4 is 15.4 Å². The van der Waals surface area contributed by atoms with Gasteiger partial charge in [0.15, 0.2) is 5.82 Å². The molecule has 0 aliphatic rings. The molecule has 0 spiro atoms. The minimum Gasteiger partial charge on any atom is -0.496 e. The lowest BCUT2D eigenvalue weighted by Gasteiger charge is -2.27. The number of nitrogens with two attached hydrogens (primary N) is 1. The highest BCUT2D eigenvalue weighted by Gasteiger charge is 2.17. The number of anilines is 2. The maximum atomic E-state index is 5.93. The Morgan fingerprint density at radius 3 is 2.81 bits per heavy atom. The summed E-state index contributed by atoms with van der Waals surface area (Å²) in [5.74, 6) is 1.52. The Kier molecular flexibility index (Phi) is 4.85. The number of nitrogens with zero attached hydrogens (tertiary/aromatic N) is 3. The molecule has 1 aromatic carbocycles. The molecule has 0 bridgehead atoms. The fourth-order valence-corrected chi connectivity index (χ4v) is 2.31. The van der Waals surface area contributed by atoms with E-state index in [4.69, 9.17) is 22.1 Å². The lowest BCUT2D eigenvalue weighted by molar-refractivity contribution is 0.408. The van der Waals surface area contributed by atoms with E-state index in [1.807, 2.05) is 30.1 Å². The van der Waals surface area contributed by atoms with Crippen LogP contribution in [-0.2, 0) is 6.42 Å². The molecule has 112 valence electrons. The maximum Gasteiger partial charge on any atom is 0.224 e. The molecule has 2 aromatic rings. The van der Waals surface area contributed by atoms with Crippen LogP contribution in [0.3, 0.4) is 0 Å². The van der Waals surface area contributed by atoms with Gasteiger partial charge in [-0.05, 0) is 36.6 Å². The molecule has 1 atom stereocenters. The van der Waals surface area contributed by atoms with E-state index in [1.165, 1.54) is 6.20 Å². The first-order chi connectivity index (χ1) is 10.0. The number of hydrogen-bond donors (Lipinski definition) is 1. The van der Waals surface area contributed by atoms with E-state index >= 15 is 0 Å². The van der Waals surface area contributed by atoms with Crippen molar-refractivity contribution in [2.45, 2.75) is 19.4 Å². The maximum absolute atomic E-state index is 5.93. The van der Waals surface area contributed by atoms with Gasteiger partial charge in [0.25, 0.3) is 0 Å². The standard InChI is InChI=1S/C15H19ClN4O/c1-10(8-11-6-4-5-7-13(11)21-3)20(2)14-12(17)9-18-15(16)19-14/h4-7,9-10H,8,17H2,1-3H3. The van der Waals surface area contributed by atoms with Crippen molar-refractivity contribution in [3.8, 4) is 5.75 Å². The third-order valence-electron chi connectivity index (χ3n) is 3.47. The fraction of sp³-hybridized carbons (Fsp3) is 0.333. The Hall–Kier alpha value is -2.01. The number of likely N-dealkylation sites (N-methyl/N-ethyl adjacent to an activating group) is 1. The SMILES string of the molecule is COc1ccccc1CC(C)N(C)c1nc(Cl)ncc1N. The van der Waals surface area contributed by atoms with E-state index in [0.717, 1.165) is 17.7 Å². The molecule has 0 aliphatic carbocycles. The number of rotatable bonds is 5. The van der Waals surface area contributed by atoms with Gasteiger partial charge in [0, 0.05) is 13.1 Å². The van der Waals surface area contributed by atoms with E-state index in [2.05, 4.69) is 23.0 Å². The van der Waals surface area contributed by atoms with Gasteiger partial charge in [-0.1, -0.05) is 18.2 Å². The second-order valence-electron chi connectivity index (χ2n) is 4.89. The Morgan fingerprint density at radius 2 is 2.10 bits per heavy atom. The van der Waals surface area contributed by atoms with Crippen LogP contribution in [0.2, 0.25) is 5.28 Å². The van der Waals surface area contributed by atoms with Crippen LogP contribution in [-0.4, -0.2) is 30.2 Å². The lowest BCUT2D eigenvalue weighted by Crippen LogP contribution is -2.32. The van der Waals surface area contributed by atoms with Gasteiger partial charge in [-0.25, -0.2) is 4.98 Å². The van der Waals surface area contributed by atoms with Gasteiger partial charge in [0.05, 0.1) is 19.0 Å². The van der Waals surface area contributed by atoms with Crippen LogP contribution in [0.4, 0.5) is 11.5 Å². The second kappa shape index (κ2) is 6.63. The van der Waals surface area contributed by atoms with Gasteiger partial charge in [0.1, 0.15) is 5.75 Å². The quantitative estimate of drug-likeness (QED) is 0.861. The topological polar surface area (TPSA) is 64.3 Å². The van der Waals surface area contributed by atoms with Gasteiger partial charge >= 0.3 is 0 Å². The number of methoxy groups -OCH3 is 1. The van der Waals surface area contributed by atoms with Gasteiger partial charge in [0.2, 0.25) is 5.28 Å². The number of para-hydroxylation sites is 1. The van der Waals surface area contributed by atoms with Gasteiger partial charge < -0.3 is 15.4 Å². The Bertz CT molecular complexity index is 620. The van der Waals surface area contributed by atoms with E-state index in [1.54, 1.807) is 7.11 Å². The molecule has 0 fully saturated rings. The average molecular weight is 307 g/mol. The van der Waals surface area contributed by atoms with Crippen molar-refractivity contribution in [1.82, 2.24) is 9.97 Å². The van der Waals surface area contributed by atoms with Crippen molar-refractivity contribution in [3.63, 3.8) is 0 Å².